The van der Waals surface area contributed by atoms with Crippen molar-refractivity contribution in [2.75, 3.05) is 26.7 Å². The van der Waals surface area contributed by atoms with Gasteiger partial charge in [0.15, 0.2) is 0 Å². The molecular formula is C21H32N2O5S2. The molecule has 3 heterocycles. The van der Waals surface area contributed by atoms with Crippen LogP contribution in [-0.2, 0) is 32.5 Å². The molecule has 0 saturated carbocycles. The Morgan fingerprint density at radius 3 is 2.17 bits per heavy atom. The van der Waals surface area contributed by atoms with Crippen LogP contribution in [0.2, 0.25) is 0 Å². The third-order valence-electron chi connectivity index (χ3n) is 5.73. The molecule has 0 aromatic carbocycles. The number of hydrogen-bond donors (Lipinski definition) is 0. The molecule has 0 bridgehead atoms. The molecule has 1 saturated heterocycles. The molecule has 1 fully saturated rings. The van der Waals surface area contributed by atoms with Crippen LogP contribution in [0.5, 0.6) is 0 Å². The highest BCUT2D eigenvalue weighted by atomic mass is 32.2. The van der Waals surface area contributed by atoms with Crippen molar-refractivity contribution in [3.63, 3.8) is 0 Å². The van der Waals surface area contributed by atoms with Crippen LogP contribution in [0.1, 0.15) is 73.7 Å². The fourth-order valence-electron chi connectivity index (χ4n) is 4.09. The number of carbonyl (C=O) groups excluding carboxylic acids is 2. The van der Waals surface area contributed by atoms with Crippen LogP contribution < -0.4 is 0 Å². The van der Waals surface area contributed by atoms with Crippen LogP contribution in [-0.4, -0.2) is 56.2 Å². The maximum Gasteiger partial charge on any atom is 0.340 e. The molecule has 1 aromatic heterocycles. The lowest BCUT2D eigenvalue weighted by Crippen LogP contribution is -2.42. The predicted molar refractivity (Wildman–Crippen MR) is 116 cm³/mol. The highest BCUT2D eigenvalue weighted by molar-refractivity contribution is 7.91. The number of hydrogen-bond acceptors (Lipinski definition) is 6. The van der Waals surface area contributed by atoms with Gasteiger partial charge in [-0.15, -0.1) is 11.3 Å². The van der Waals surface area contributed by atoms with E-state index in [0.717, 1.165) is 53.9 Å². The normalized spacial score (nSPS) is 19.0. The van der Waals surface area contributed by atoms with E-state index in [9.17, 15) is 18.0 Å². The minimum atomic E-state index is -3.80. The van der Waals surface area contributed by atoms with Crippen molar-refractivity contribution in [1.82, 2.24) is 9.21 Å². The first-order valence-corrected chi connectivity index (χ1v) is 12.9. The minimum Gasteiger partial charge on any atom is -0.465 e. The third-order valence-corrected chi connectivity index (χ3v) is 9.34. The molecule has 2 aliphatic heterocycles. The number of fused-ring (bicyclic) bond motifs is 1. The van der Waals surface area contributed by atoms with Gasteiger partial charge < -0.3 is 9.64 Å². The van der Waals surface area contributed by atoms with Crippen molar-refractivity contribution in [3.05, 3.63) is 16.0 Å². The number of rotatable bonds is 3. The van der Waals surface area contributed by atoms with E-state index in [1.807, 2.05) is 20.8 Å². The zero-order valence-corrected chi connectivity index (χ0v) is 20.0. The number of methoxy groups -OCH3 is 1. The van der Waals surface area contributed by atoms with Crippen molar-refractivity contribution in [3.8, 4) is 0 Å². The van der Waals surface area contributed by atoms with Crippen LogP contribution in [0.3, 0.4) is 0 Å². The summed E-state index contributed by atoms with van der Waals surface area (Å²) in [5.74, 6) is -0.594. The Balaban J connectivity index is 2.00. The fraction of sp³-hybridized carbons (Fsp3) is 0.714. The van der Waals surface area contributed by atoms with Crippen molar-refractivity contribution >= 4 is 33.2 Å². The standard InChI is InChI=1S/C21H32N2O5S2/c1-21(2,3)20(25)22-13-10-15-16(14-22)29-19(17(15)18(24)28-4)30(26,27)23-11-8-6-5-7-9-12-23/h5-14H2,1-4H3. The molecule has 1 aromatic rings. The summed E-state index contributed by atoms with van der Waals surface area (Å²) in [6.45, 7) is 7.35. The number of ether oxygens (including phenoxy) is 1. The molecule has 0 aliphatic carbocycles. The van der Waals surface area contributed by atoms with Gasteiger partial charge in [0.1, 0.15) is 4.21 Å². The van der Waals surface area contributed by atoms with Gasteiger partial charge in [-0.1, -0.05) is 40.0 Å². The molecule has 168 valence electrons. The van der Waals surface area contributed by atoms with Crippen molar-refractivity contribution in [2.24, 2.45) is 5.41 Å². The Morgan fingerprint density at radius 2 is 1.60 bits per heavy atom. The summed E-state index contributed by atoms with van der Waals surface area (Å²) < 4.78 is 33.6. The number of nitrogens with zero attached hydrogens (tertiary/aromatic N) is 2. The molecule has 2 aliphatic rings. The summed E-state index contributed by atoms with van der Waals surface area (Å²) in [5, 5.41) is 0. The predicted octanol–water partition coefficient (Wildman–Crippen LogP) is 3.42. The first-order valence-electron chi connectivity index (χ1n) is 10.6. The summed E-state index contributed by atoms with van der Waals surface area (Å²) in [6.07, 6.45) is 5.26. The quantitative estimate of drug-likeness (QED) is 0.651. The van der Waals surface area contributed by atoms with Gasteiger partial charge in [0, 0.05) is 29.9 Å². The van der Waals surface area contributed by atoms with Gasteiger partial charge in [0.05, 0.1) is 19.2 Å². The van der Waals surface area contributed by atoms with Crippen LogP contribution in [0.4, 0.5) is 0 Å². The number of sulfonamides is 1. The largest absolute Gasteiger partial charge is 0.465 e. The fourth-order valence-corrected chi connectivity index (χ4v) is 7.65. The molecular weight excluding hydrogens is 424 g/mol. The molecule has 0 spiro atoms. The van der Waals surface area contributed by atoms with Gasteiger partial charge in [-0.2, -0.15) is 4.31 Å². The van der Waals surface area contributed by atoms with Crippen LogP contribution in [0.25, 0.3) is 0 Å². The van der Waals surface area contributed by atoms with E-state index in [0.29, 0.717) is 32.6 Å². The Hall–Kier alpha value is -1.45. The summed E-state index contributed by atoms with van der Waals surface area (Å²) in [6, 6.07) is 0. The van der Waals surface area contributed by atoms with E-state index >= 15 is 0 Å². The van der Waals surface area contributed by atoms with E-state index in [4.69, 9.17) is 4.74 Å². The van der Waals surface area contributed by atoms with Crippen molar-refractivity contribution in [2.45, 2.75) is 70.1 Å². The number of carbonyl (C=O) groups is 2. The summed E-state index contributed by atoms with van der Waals surface area (Å²) in [4.78, 5) is 27.9. The molecule has 1 amide bonds. The van der Waals surface area contributed by atoms with Crippen LogP contribution in [0.15, 0.2) is 4.21 Å². The highest BCUT2D eigenvalue weighted by Crippen LogP contribution is 2.39. The zero-order chi connectivity index (χ0) is 22.1. The van der Waals surface area contributed by atoms with E-state index in [1.165, 1.54) is 11.4 Å². The minimum absolute atomic E-state index is 0.0225. The second-order valence-electron chi connectivity index (χ2n) is 9.06. The van der Waals surface area contributed by atoms with E-state index < -0.39 is 21.4 Å². The summed E-state index contributed by atoms with van der Waals surface area (Å²) >= 11 is 1.13. The molecule has 0 N–H and O–H groups in total. The molecule has 7 nitrogen and oxygen atoms in total. The Morgan fingerprint density at radius 1 is 1.00 bits per heavy atom. The van der Waals surface area contributed by atoms with E-state index in [1.54, 1.807) is 4.90 Å². The van der Waals surface area contributed by atoms with Gasteiger partial charge in [-0.25, -0.2) is 13.2 Å². The summed E-state index contributed by atoms with van der Waals surface area (Å²) in [5.41, 5.74) is 0.372. The molecule has 3 rings (SSSR count). The lowest BCUT2D eigenvalue weighted by Gasteiger charge is -2.32. The molecule has 0 radical (unpaired) electrons. The average molecular weight is 457 g/mol. The van der Waals surface area contributed by atoms with Crippen molar-refractivity contribution in [1.29, 1.82) is 0 Å². The highest BCUT2D eigenvalue weighted by Gasteiger charge is 2.38. The Labute approximate surface area is 183 Å². The van der Waals surface area contributed by atoms with E-state index in [-0.39, 0.29) is 15.7 Å². The first-order chi connectivity index (χ1) is 14.1. The average Bonchev–Trinajstić information content (AvgIpc) is 3.05. The van der Waals surface area contributed by atoms with Gasteiger partial charge in [0.25, 0.3) is 10.0 Å². The van der Waals surface area contributed by atoms with Crippen molar-refractivity contribution < 1.29 is 22.7 Å². The van der Waals surface area contributed by atoms with Gasteiger partial charge >= 0.3 is 5.97 Å². The number of amides is 1. The SMILES string of the molecule is COC(=O)c1c(S(=O)(=O)N2CCCCCCC2)sc2c1CCN(C(=O)C(C)(C)C)C2. The molecule has 0 atom stereocenters. The molecule has 9 heteroatoms. The second kappa shape index (κ2) is 8.96. The molecule has 0 unspecified atom stereocenters. The first kappa shape index (κ1) is 23.2. The van der Waals surface area contributed by atoms with Crippen LogP contribution >= 0.6 is 11.3 Å². The number of esters is 1. The van der Waals surface area contributed by atoms with Gasteiger partial charge in [-0.05, 0) is 24.8 Å². The summed E-state index contributed by atoms with van der Waals surface area (Å²) in [7, 11) is -2.53. The van der Waals surface area contributed by atoms with Crippen LogP contribution in [0, 0.1) is 5.41 Å². The second-order valence-corrected chi connectivity index (χ2v) is 12.3. The van der Waals surface area contributed by atoms with E-state index in [2.05, 4.69) is 0 Å². The lowest BCUT2D eigenvalue weighted by atomic mass is 9.93. The third kappa shape index (κ3) is 4.57. The maximum absolute atomic E-state index is 13.5. The number of thiophene rings is 1. The van der Waals surface area contributed by atoms with Gasteiger partial charge in [0.2, 0.25) is 5.91 Å². The monoisotopic (exact) mass is 456 g/mol. The lowest BCUT2D eigenvalue weighted by molar-refractivity contribution is -0.140. The zero-order valence-electron chi connectivity index (χ0n) is 18.3. The Bertz CT molecular complexity index is 907. The van der Waals surface area contributed by atoms with Gasteiger partial charge in [-0.3, -0.25) is 4.79 Å². The smallest absolute Gasteiger partial charge is 0.340 e. The molecule has 30 heavy (non-hydrogen) atoms. The Kier molecular flexibility index (Phi) is 6.94. The topological polar surface area (TPSA) is 84.0 Å². The maximum atomic E-state index is 13.5.